The lowest BCUT2D eigenvalue weighted by Gasteiger charge is -2.35. The number of carbonyl (C=O) groups excluding carboxylic acids is 3. The average molecular weight is 510 g/mol. The van der Waals surface area contributed by atoms with Crippen molar-refractivity contribution in [1.82, 2.24) is 10.2 Å². The molecule has 37 heavy (non-hydrogen) atoms. The zero-order valence-electron chi connectivity index (χ0n) is 23.8. The molecule has 2 aromatic rings. The molecule has 0 fully saturated rings. The van der Waals surface area contributed by atoms with E-state index in [1.165, 1.54) is 0 Å². The summed E-state index contributed by atoms with van der Waals surface area (Å²) in [5.41, 5.74) is 3.75. The van der Waals surface area contributed by atoms with Crippen molar-refractivity contribution in [3.63, 3.8) is 0 Å². The predicted octanol–water partition coefficient (Wildman–Crippen LogP) is 6.08. The van der Waals surface area contributed by atoms with E-state index in [4.69, 9.17) is 4.74 Å². The maximum atomic E-state index is 14.0. The summed E-state index contributed by atoms with van der Waals surface area (Å²) in [7, 11) is 0. The van der Waals surface area contributed by atoms with Crippen molar-refractivity contribution in [2.24, 2.45) is 5.92 Å². The van der Waals surface area contributed by atoms with Gasteiger partial charge in [-0.25, -0.2) is 4.79 Å². The van der Waals surface area contributed by atoms with Crippen molar-refractivity contribution < 1.29 is 19.1 Å². The summed E-state index contributed by atoms with van der Waals surface area (Å²) in [4.78, 5) is 42.1. The summed E-state index contributed by atoms with van der Waals surface area (Å²) in [6, 6.07) is 11.6. The van der Waals surface area contributed by atoms with Crippen LogP contribution in [0, 0.1) is 26.7 Å². The summed E-state index contributed by atoms with van der Waals surface area (Å²) in [6.07, 6.45) is 0.00213. The van der Waals surface area contributed by atoms with Crippen LogP contribution in [0.15, 0.2) is 42.5 Å². The van der Waals surface area contributed by atoms with Crippen LogP contribution in [0.1, 0.15) is 76.3 Å². The van der Waals surface area contributed by atoms with Gasteiger partial charge in [-0.2, -0.15) is 0 Å². The molecule has 2 rings (SSSR count). The number of carbonyl (C=O) groups is 3. The van der Waals surface area contributed by atoms with Gasteiger partial charge < -0.3 is 20.3 Å². The minimum Gasteiger partial charge on any atom is -0.444 e. The van der Waals surface area contributed by atoms with Crippen LogP contribution in [0.25, 0.3) is 0 Å². The van der Waals surface area contributed by atoms with Crippen LogP contribution >= 0.6 is 0 Å². The number of ether oxygens (including phenoxy) is 1. The second-order valence-corrected chi connectivity index (χ2v) is 10.7. The molecule has 3 amide bonds. The molecule has 2 N–H and O–H groups in total. The van der Waals surface area contributed by atoms with Crippen LogP contribution in [-0.4, -0.2) is 41.0 Å². The Bertz CT molecular complexity index is 1110. The maximum Gasteiger partial charge on any atom is 0.408 e. The average Bonchev–Trinajstić information content (AvgIpc) is 2.82. The smallest absolute Gasteiger partial charge is 0.408 e. The number of hydrogen-bond acceptors (Lipinski definition) is 4. The Balaban J connectivity index is 2.51. The van der Waals surface area contributed by atoms with Gasteiger partial charge in [0.25, 0.3) is 5.91 Å². The molecule has 0 spiro atoms. The van der Waals surface area contributed by atoms with Crippen LogP contribution in [0.2, 0.25) is 0 Å². The molecule has 0 aliphatic heterocycles. The van der Waals surface area contributed by atoms with Crippen molar-refractivity contribution in [3.05, 3.63) is 64.7 Å². The molecule has 0 saturated heterocycles. The van der Waals surface area contributed by atoms with Crippen LogP contribution in [-0.2, 0) is 14.3 Å². The van der Waals surface area contributed by atoms with Crippen molar-refractivity contribution in [2.45, 2.75) is 86.4 Å². The van der Waals surface area contributed by atoms with E-state index >= 15 is 0 Å². The topological polar surface area (TPSA) is 87.7 Å². The van der Waals surface area contributed by atoms with Crippen LogP contribution < -0.4 is 10.6 Å². The Hall–Kier alpha value is -3.35. The lowest BCUT2D eigenvalue weighted by Crippen LogP contribution is -2.54. The summed E-state index contributed by atoms with van der Waals surface area (Å²) in [5.74, 6) is -0.812. The van der Waals surface area contributed by atoms with Gasteiger partial charge >= 0.3 is 6.09 Å². The number of likely N-dealkylation sites (N-methyl/N-ethyl adjacent to an activating group) is 1. The molecule has 202 valence electrons. The number of nitrogens with zero attached hydrogens (tertiary/aromatic N) is 1. The first kappa shape index (κ1) is 29.9. The van der Waals surface area contributed by atoms with E-state index in [0.717, 1.165) is 16.7 Å². The van der Waals surface area contributed by atoms with E-state index in [1.54, 1.807) is 25.7 Å². The number of aryl methyl sites for hydroxylation is 3. The van der Waals surface area contributed by atoms with Gasteiger partial charge in [-0.3, -0.25) is 9.59 Å². The molecule has 0 bridgehead atoms. The summed E-state index contributed by atoms with van der Waals surface area (Å²) < 4.78 is 5.44. The highest BCUT2D eigenvalue weighted by atomic mass is 16.6. The standard InChI is InChI=1S/C30H43N3O4/c1-10-19(3)25(32-29(36)37-30(7,8)9)28(35)33(11-2)26(23-17-16-20(4)22(6)18-23)27(34)31-24-15-13-12-14-21(24)5/h12-19,25-26H,10-11H2,1-9H3,(H,31,34)(H,32,36). The Kier molecular flexibility index (Phi) is 10.3. The van der Waals surface area contributed by atoms with E-state index in [9.17, 15) is 14.4 Å². The van der Waals surface area contributed by atoms with E-state index < -0.39 is 23.8 Å². The largest absolute Gasteiger partial charge is 0.444 e. The number of nitrogens with one attached hydrogen (secondary N) is 2. The highest BCUT2D eigenvalue weighted by Crippen LogP contribution is 2.28. The Morgan fingerprint density at radius 3 is 2.14 bits per heavy atom. The highest BCUT2D eigenvalue weighted by Gasteiger charge is 2.37. The number of para-hydroxylation sites is 1. The zero-order chi connectivity index (χ0) is 27.9. The van der Waals surface area contributed by atoms with Crippen molar-refractivity contribution in [2.75, 3.05) is 11.9 Å². The molecule has 0 radical (unpaired) electrons. The number of rotatable bonds is 9. The quantitative estimate of drug-likeness (QED) is 0.429. The molecule has 0 aromatic heterocycles. The second kappa shape index (κ2) is 12.7. The van der Waals surface area contributed by atoms with Crippen LogP contribution in [0.3, 0.4) is 0 Å². The highest BCUT2D eigenvalue weighted by molar-refractivity contribution is 5.99. The molecular formula is C30H43N3O4. The third kappa shape index (κ3) is 8.07. The normalized spacial score (nSPS) is 13.8. The Morgan fingerprint density at radius 1 is 0.946 bits per heavy atom. The molecule has 7 heteroatoms. The van der Waals surface area contributed by atoms with Gasteiger partial charge in [0.1, 0.15) is 17.7 Å². The molecule has 7 nitrogen and oxygen atoms in total. The second-order valence-electron chi connectivity index (χ2n) is 10.7. The predicted molar refractivity (Wildman–Crippen MR) is 148 cm³/mol. The van der Waals surface area contributed by atoms with E-state index in [0.29, 0.717) is 17.7 Å². The van der Waals surface area contributed by atoms with Crippen LogP contribution in [0.4, 0.5) is 10.5 Å². The molecule has 0 saturated carbocycles. The number of hydrogen-bond donors (Lipinski definition) is 2. The van der Waals surface area contributed by atoms with E-state index in [-0.39, 0.29) is 24.3 Å². The van der Waals surface area contributed by atoms with Gasteiger partial charge in [-0.15, -0.1) is 0 Å². The molecule has 3 atom stereocenters. The lowest BCUT2D eigenvalue weighted by atomic mass is 9.94. The minimum atomic E-state index is -0.886. The lowest BCUT2D eigenvalue weighted by molar-refractivity contribution is -0.141. The number of benzene rings is 2. The first-order valence-electron chi connectivity index (χ1n) is 13.0. The molecule has 0 heterocycles. The van der Waals surface area contributed by atoms with Gasteiger partial charge in [0.2, 0.25) is 5.91 Å². The fraction of sp³-hybridized carbons (Fsp3) is 0.500. The van der Waals surface area contributed by atoms with Gasteiger partial charge in [-0.1, -0.05) is 56.7 Å². The fourth-order valence-electron chi connectivity index (χ4n) is 4.08. The third-order valence-electron chi connectivity index (χ3n) is 6.58. The van der Waals surface area contributed by atoms with Gasteiger partial charge in [0.15, 0.2) is 0 Å². The first-order valence-corrected chi connectivity index (χ1v) is 13.0. The minimum absolute atomic E-state index is 0.172. The maximum absolute atomic E-state index is 14.0. The first-order chi connectivity index (χ1) is 17.3. The molecule has 2 aromatic carbocycles. The molecule has 0 aliphatic carbocycles. The van der Waals surface area contributed by atoms with Gasteiger partial charge in [-0.05, 0) is 82.7 Å². The van der Waals surface area contributed by atoms with E-state index in [1.807, 2.05) is 84.0 Å². The number of amides is 3. The van der Waals surface area contributed by atoms with Crippen LogP contribution in [0.5, 0.6) is 0 Å². The monoisotopic (exact) mass is 509 g/mol. The molecule has 0 aliphatic rings. The summed E-state index contributed by atoms with van der Waals surface area (Å²) in [6.45, 7) is 17.2. The molecule has 3 unspecified atom stereocenters. The van der Waals surface area contributed by atoms with Crippen molar-refractivity contribution in [3.8, 4) is 0 Å². The van der Waals surface area contributed by atoms with Crippen molar-refractivity contribution in [1.29, 1.82) is 0 Å². The summed E-state index contributed by atoms with van der Waals surface area (Å²) in [5, 5.41) is 5.80. The summed E-state index contributed by atoms with van der Waals surface area (Å²) >= 11 is 0. The Labute approximate surface area is 222 Å². The fourth-order valence-corrected chi connectivity index (χ4v) is 4.08. The molecular weight excluding hydrogens is 466 g/mol. The Morgan fingerprint density at radius 2 is 1.59 bits per heavy atom. The zero-order valence-corrected chi connectivity index (χ0v) is 23.8. The SMILES string of the molecule is CCC(C)C(NC(=O)OC(C)(C)C)C(=O)N(CC)C(C(=O)Nc1ccccc1C)c1ccc(C)c(C)c1. The number of alkyl carbamates (subject to hydrolysis) is 1. The van der Waals surface area contributed by atoms with Crippen molar-refractivity contribution >= 4 is 23.6 Å². The third-order valence-corrected chi connectivity index (χ3v) is 6.58. The van der Waals surface area contributed by atoms with Gasteiger partial charge in [0.05, 0.1) is 0 Å². The van der Waals surface area contributed by atoms with E-state index in [2.05, 4.69) is 10.6 Å². The van der Waals surface area contributed by atoms with Gasteiger partial charge in [0, 0.05) is 12.2 Å². The number of anilines is 1.